The van der Waals surface area contributed by atoms with Gasteiger partial charge in [-0.15, -0.1) is 0 Å². The highest BCUT2D eigenvalue weighted by molar-refractivity contribution is 6.25. The second kappa shape index (κ2) is 10.2. The Morgan fingerprint density at radius 2 is 1.81 bits per heavy atom. The average Bonchev–Trinajstić information content (AvgIpc) is 3.05. The van der Waals surface area contributed by atoms with Gasteiger partial charge in [-0.1, -0.05) is 6.07 Å². The van der Waals surface area contributed by atoms with Crippen LogP contribution in [0.3, 0.4) is 0 Å². The average molecular weight is 501 g/mol. The maximum Gasteiger partial charge on any atom is 0.422 e. The number of carbonyl (C=O) groups is 5. The van der Waals surface area contributed by atoms with E-state index in [1.54, 1.807) is 18.2 Å². The molecule has 12 nitrogen and oxygen atoms in total. The first-order valence-corrected chi connectivity index (χ1v) is 12.1. The summed E-state index contributed by atoms with van der Waals surface area (Å²) in [5.41, 5.74) is 3.23. The van der Waals surface area contributed by atoms with Crippen molar-refractivity contribution < 1.29 is 28.7 Å². The van der Waals surface area contributed by atoms with Crippen LogP contribution < -0.4 is 16.1 Å². The number of fused-ring (bicyclic) bond motifs is 1. The third kappa shape index (κ3) is 5.65. The van der Waals surface area contributed by atoms with Gasteiger partial charge < -0.3 is 10.1 Å². The second-order valence-corrected chi connectivity index (χ2v) is 10.0. The van der Waals surface area contributed by atoms with Gasteiger partial charge in [0.25, 0.3) is 11.8 Å². The first-order chi connectivity index (χ1) is 17.0. The second-order valence-electron chi connectivity index (χ2n) is 10.0. The van der Waals surface area contributed by atoms with Crippen LogP contribution in [-0.2, 0) is 14.3 Å². The summed E-state index contributed by atoms with van der Waals surface area (Å²) in [6, 6.07) is 4.01. The minimum atomic E-state index is -0.992. The van der Waals surface area contributed by atoms with Crippen molar-refractivity contribution in [2.24, 2.45) is 0 Å². The van der Waals surface area contributed by atoms with Crippen LogP contribution >= 0.6 is 0 Å². The third-order valence-corrected chi connectivity index (χ3v) is 6.23. The van der Waals surface area contributed by atoms with Crippen LogP contribution in [0.25, 0.3) is 0 Å². The molecule has 4 rings (SSSR count). The summed E-state index contributed by atoms with van der Waals surface area (Å²) in [5.74, 6) is -2.09. The van der Waals surface area contributed by atoms with Crippen molar-refractivity contribution in [2.75, 3.05) is 44.6 Å². The van der Waals surface area contributed by atoms with Gasteiger partial charge in [0.2, 0.25) is 11.8 Å². The molecule has 0 aliphatic carbocycles. The zero-order valence-corrected chi connectivity index (χ0v) is 20.8. The predicted molar refractivity (Wildman–Crippen MR) is 129 cm³/mol. The number of hydrazine groups is 1. The minimum absolute atomic E-state index is 0.0788. The van der Waals surface area contributed by atoms with Gasteiger partial charge in [0, 0.05) is 51.4 Å². The fourth-order valence-corrected chi connectivity index (χ4v) is 4.52. The number of piperazine rings is 1. The zero-order valence-electron chi connectivity index (χ0n) is 20.8. The number of imide groups is 2. The molecule has 1 atom stereocenters. The van der Waals surface area contributed by atoms with E-state index in [0.29, 0.717) is 31.9 Å². The lowest BCUT2D eigenvalue weighted by Crippen LogP contribution is -2.54. The lowest BCUT2D eigenvalue weighted by Gasteiger charge is -2.35. The molecule has 0 aromatic heterocycles. The number of hydrogen-bond donors (Lipinski definition) is 3. The largest absolute Gasteiger partial charge is 0.443 e. The molecular formula is C24H32N6O6. The van der Waals surface area contributed by atoms with E-state index >= 15 is 0 Å². The molecule has 3 heterocycles. The highest BCUT2D eigenvalue weighted by Gasteiger charge is 2.45. The monoisotopic (exact) mass is 500 g/mol. The molecule has 1 unspecified atom stereocenters. The maximum absolute atomic E-state index is 13.2. The Bertz CT molecular complexity index is 1080. The van der Waals surface area contributed by atoms with E-state index in [2.05, 4.69) is 21.0 Å². The molecule has 194 valence electrons. The SMILES string of the molecule is CC(C)(C)OC(=O)NN1CCN(CCNc2cccc3c2C(=O)N(C2CCC(=O)NC2=O)C3=O)CC1. The molecule has 1 aromatic carbocycles. The lowest BCUT2D eigenvalue weighted by atomic mass is 10.0. The van der Waals surface area contributed by atoms with Gasteiger partial charge in [0.15, 0.2) is 0 Å². The Labute approximate surface area is 209 Å². The van der Waals surface area contributed by atoms with E-state index in [9.17, 15) is 24.0 Å². The summed E-state index contributed by atoms with van der Waals surface area (Å²) in [5, 5.41) is 7.29. The summed E-state index contributed by atoms with van der Waals surface area (Å²) in [6.45, 7) is 9.46. The van der Waals surface area contributed by atoms with Gasteiger partial charge in [0.1, 0.15) is 11.6 Å². The van der Waals surface area contributed by atoms with E-state index in [4.69, 9.17) is 4.74 Å². The van der Waals surface area contributed by atoms with Crippen LogP contribution in [0.5, 0.6) is 0 Å². The first-order valence-electron chi connectivity index (χ1n) is 12.1. The number of rotatable bonds is 6. The Kier molecular flexibility index (Phi) is 7.27. The number of piperidine rings is 1. The van der Waals surface area contributed by atoms with E-state index in [0.717, 1.165) is 18.0 Å². The van der Waals surface area contributed by atoms with E-state index in [1.807, 2.05) is 25.8 Å². The van der Waals surface area contributed by atoms with Crippen LogP contribution in [0.15, 0.2) is 18.2 Å². The molecule has 1 aromatic rings. The predicted octanol–water partition coefficient (Wildman–Crippen LogP) is 0.557. The van der Waals surface area contributed by atoms with Crippen molar-refractivity contribution >= 4 is 35.4 Å². The summed E-state index contributed by atoms with van der Waals surface area (Å²) in [4.78, 5) is 65.0. The summed E-state index contributed by atoms with van der Waals surface area (Å²) < 4.78 is 5.28. The van der Waals surface area contributed by atoms with E-state index in [-0.39, 0.29) is 24.0 Å². The molecule has 3 aliphatic rings. The fraction of sp³-hybridized carbons (Fsp3) is 0.542. The number of carbonyl (C=O) groups excluding carboxylic acids is 5. The Morgan fingerprint density at radius 3 is 2.47 bits per heavy atom. The maximum atomic E-state index is 13.2. The first kappa shape index (κ1) is 25.6. The van der Waals surface area contributed by atoms with Gasteiger partial charge in [0.05, 0.1) is 11.1 Å². The molecule has 0 radical (unpaired) electrons. The van der Waals surface area contributed by atoms with Crippen molar-refractivity contribution in [3.8, 4) is 0 Å². The molecule has 2 fully saturated rings. The highest BCUT2D eigenvalue weighted by atomic mass is 16.6. The molecular weight excluding hydrogens is 468 g/mol. The highest BCUT2D eigenvalue weighted by Crippen LogP contribution is 2.32. The summed E-state index contributed by atoms with van der Waals surface area (Å²) in [7, 11) is 0. The number of amides is 5. The summed E-state index contributed by atoms with van der Waals surface area (Å²) >= 11 is 0. The standard InChI is InChI=1S/C24H32N6O6/c1-24(2,3)36-23(35)27-29-13-11-28(12-14-29)10-9-25-16-6-4-5-15-19(16)22(34)30(21(15)33)17-7-8-18(31)26-20(17)32/h4-6,17,25H,7-14H2,1-3H3,(H,27,35)(H,26,31,32). The Hall–Kier alpha value is -3.51. The molecule has 36 heavy (non-hydrogen) atoms. The van der Waals surface area contributed by atoms with Crippen molar-refractivity contribution in [2.45, 2.75) is 45.3 Å². The quantitative estimate of drug-likeness (QED) is 0.478. The summed E-state index contributed by atoms with van der Waals surface area (Å²) in [6.07, 6.45) is -0.274. The molecule has 0 saturated carbocycles. The number of nitrogens with zero attached hydrogens (tertiary/aromatic N) is 3. The van der Waals surface area contributed by atoms with Crippen molar-refractivity contribution in [1.29, 1.82) is 0 Å². The van der Waals surface area contributed by atoms with Crippen molar-refractivity contribution in [3.63, 3.8) is 0 Å². The normalized spacial score (nSPS) is 21.3. The van der Waals surface area contributed by atoms with Gasteiger partial charge in [-0.2, -0.15) is 0 Å². The number of ether oxygens (including phenoxy) is 1. The molecule has 0 bridgehead atoms. The molecule has 0 spiro atoms. The molecule has 3 N–H and O–H groups in total. The van der Waals surface area contributed by atoms with Crippen molar-refractivity contribution in [3.05, 3.63) is 29.3 Å². The topological polar surface area (TPSA) is 140 Å². The number of hydrogen-bond acceptors (Lipinski definition) is 9. The smallest absolute Gasteiger partial charge is 0.422 e. The van der Waals surface area contributed by atoms with Crippen LogP contribution in [0, 0.1) is 0 Å². The van der Waals surface area contributed by atoms with Gasteiger partial charge in [-0.05, 0) is 39.3 Å². The lowest BCUT2D eigenvalue weighted by molar-refractivity contribution is -0.136. The molecule has 3 aliphatic heterocycles. The van der Waals surface area contributed by atoms with Gasteiger partial charge in [-0.25, -0.2) is 9.80 Å². The number of benzene rings is 1. The number of nitrogens with one attached hydrogen (secondary N) is 3. The van der Waals surface area contributed by atoms with Crippen molar-refractivity contribution in [1.82, 2.24) is 25.6 Å². The van der Waals surface area contributed by atoms with Crippen LogP contribution in [-0.4, -0.2) is 95.4 Å². The number of anilines is 1. The fourth-order valence-electron chi connectivity index (χ4n) is 4.52. The molecule has 5 amide bonds. The zero-order chi connectivity index (χ0) is 26.0. The van der Waals surface area contributed by atoms with Crippen LogP contribution in [0.4, 0.5) is 10.5 Å². The minimum Gasteiger partial charge on any atom is -0.443 e. The Morgan fingerprint density at radius 1 is 1.08 bits per heavy atom. The van der Waals surface area contributed by atoms with Crippen LogP contribution in [0.1, 0.15) is 54.3 Å². The third-order valence-electron chi connectivity index (χ3n) is 6.23. The Balaban J connectivity index is 1.30. The van der Waals surface area contributed by atoms with Gasteiger partial charge >= 0.3 is 6.09 Å². The van der Waals surface area contributed by atoms with Gasteiger partial charge in [-0.3, -0.25) is 39.7 Å². The van der Waals surface area contributed by atoms with E-state index < -0.39 is 41.4 Å². The molecule has 12 heteroatoms. The van der Waals surface area contributed by atoms with E-state index in [1.165, 1.54) is 0 Å². The molecule has 2 saturated heterocycles. The van der Waals surface area contributed by atoms with Crippen LogP contribution in [0.2, 0.25) is 0 Å².